The van der Waals surface area contributed by atoms with Crippen molar-refractivity contribution in [2.24, 2.45) is 5.92 Å². The summed E-state index contributed by atoms with van der Waals surface area (Å²) in [5, 5.41) is 0. The first-order chi connectivity index (χ1) is 13.7. The molecule has 2 aromatic carbocycles. The minimum Gasteiger partial charge on any atom is -0.341 e. The Morgan fingerprint density at radius 3 is 2.29 bits per heavy atom. The number of benzene rings is 2. The van der Waals surface area contributed by atoms with E-state index in [9.17, 15) is 4.79 Å². The highest BCUT2D eigenvalue weighted by atomic mass is 16.2. The molecule has 2 heterocycles. The summed E-state index contributed by atoms with van der Waals surface area (Å²) in [4.78, 5) is 19.8. The lowest BCUT2D eigenvalue weighted by Gasteiger charge is -2.34. The maximum Gasteiger partial charge on any atom is 0.250 e. The molecule has 0 bridgehead atoms. The number of hydrogen-bond acceptors (Lipinski definition) is 2. The zero-order valence-corrected chi connectivity index (χ0v) is 16.4. The molecule has 0 aliphatic carbocycles. The molecule has 4 rings (SSSR count). The lowest BCUT2D eigenvalue weighted by Crippen LogP contribution is -2.43. The maximum atomic E-state index is 13.5. The fourth-order valence-corrected chi connectivity index (χ4v) is 4.14. The summed E-state index contributed by atoms with van der Waals surface area (Å²) in [7, 11) is 0. The summed E-state index contributed by atoms with van der Waals surface area (Å²) < 4.78 is 1.95. The van der Waals surface area contributed by atoms with Crippen LogP contribution < -0.4 is 0 Å². The molecule has 1 fully saturated rings. The number of rotatable bonds is 5. The van der Waals surface area contributed by atoms with Gasteiger partial charge in [0.05, 0.1) is 12.0 Å². The molecule has 1 saturated heterocycles. The van der Waals surface area contributed by atoms with Crippen LogP contribution in [0.5, 0.6) is 0 Å². The monoisotopic (exact) mass is 373 g/mol. The Morgan fingerprint density at radius 2 is 1.68 bits per heavy atom. The van der Waals surface area contributed by atoms with Crippen LogP contribution in [0.2, 0.25) is 0 Å². The van der Waals surface area contributed by atoms with Gasteiger partial charge in [0.25, 0.3) is 0 Å². The minimum absolute atomic E-state index is 0.168. The number of amides is 1. The zero-order valence-electron chi connectivity index (χ0n) is 16.4. The quantitative estimate of drug-likeness (QED) is 0.670. The molecule has 4 heteroatoms. The molecule has 1 amide bonds. The Kier molecular flexibility index (Phi) is 5.56. The van der Waals surface area contributed by atoms with E-state index in [1.165, 1.54) is 5.56 Å². The number of aryl methyl sites for hydroxylation is 1. The molecule has 1 aliphatic heterocycles. The number of likely N-dealkylation sites (tertiary alicyclic amines) is 1. The van der Waals surface area contributed by atoms with Gasteiger partial charge in [0.2, 0.25) is 5.91 Å². The molecule has 0 spiro atoms. The van der Waals surface area contributed by atoms with E-state index in [-0.39, 0.29) is 11.9 Å². The van der Waals surface area contributed by atoms with Crippen molar-refractivity contribution in [2.75, 3.05) is 13.1 Å². The molecule has 1 aliphatic rings. The smallest absolute Gasteiger partial charge is 0.250 e. The van der Waals surface area contributed by atoms with E-state index >= 15 is 0 Å². The van der Waals surface area contributed by atoms with Crippen LogP contribution in [0.4, 0.5) is 0 Å². The first-order valence-corrected chi connectivity index (χ1v) is 10.1. The van der Waals surface area contributed by atoms with E-state index in [1.54, 1.807) is 6.33 Å². The summed E-state index contributed by atoms with van der Waals surface area (Å²) >= 11 is 0. The normalized spacial score (nSPS) is 16.1. The van der Waals surface area contributed by atoms with Gasteiger partial charge in [-0.2, -0.15) is 0 Å². The van der Waals surface area contributed by atoms with Crippen LogP contribution in [0, 0.1) is 12.8 Å². The molecule has 1 atom stereocenters. The third-order valence-corrected chi connectivity index (χ3v) is 5.67. The van der Waals surface area contributed by atoms with Crippen molar-refractivity contribution < 1.29 is 4.79 Å². The lowest BCUT2D eigenvalue weighted by molar-refractivity contribution is -0.135. The molecular formula is C24H27N3O. The molecule has 1 unspecified atom stereocenters. The van der Waals surface area contributed by atoms with Gasteiger partial charge in [0.1, 0.15) is 6.04 Å². The summed E-state index contributed by atoms with van der Waals surface area (Å²) in [6.07, 6.45) is 6.95. The van der Waals surface area contributed by atoms with Gasteiger partial charge in [-0.3, -0.25) is 4.79 Å². The van der Waals surface area contributed by atoms with Crippen LogP contribution in [0.25, 0.3) is 0 Å². The van der Waals surface area contributed by atoms with Crippen LogP contribution in [0.3, 0.4) is 0 Å². The summed E-state index contributed by atoms with van der Waals surface area (Å²) in [6, 6.07) is 20.3. The van der Waals surface area contributed by atoms with Crippen molar-refractivity contribution in [1.82, 2.24) is 14.5 Å². The summed E-state index contributed by atoms with van der Waals surface area (Å²) in [5.41, 5.74) is 3.33. The topological polar surface area (TPSA) is 38.1 Å². The number of piperidine rings is 1. The SMILES string of the molecule is Cc1cn(C(C(=O)N2CCC(Cc3ccccc3)CC2)c2ccccc2)cn1. The summed E-state index contributed by atoms with van der Waals surface area (Å²) in [6.45, 7) is 3.61. The molecule has 28 heavy (non-hydrogen) atoms. The molecule has 0 radical (unpaired) electrons. The number of carbonyl (C=O) groups is 1. The molecule has 0 N–H and O–H groups in total. The second-order valence-electron chi connectivity index (χ2n) is 7.73. The highest BCUT2D eigenvalue weighted by Crippen LogP contribution is 2.26. The zero-order chi connectivity index (χ0) is 19.3. The average molecular weight is 374 g/mol. The number of carbonyl (C=O) groups excluding carboxylic acids is 1. The van der Waals surface area contributed by atoms with E-state index in [0.29, 0.717) is 5.92 Å². The Balaban J connectivity index is 1.46. The molecule has 4 nitrogen and oxygen atoms in total. The van der Waals surface area contributed by atoms with Crippen molar-refractivity contribution in [2.45, 2.75) is 32.2 Å². The third kappa shape index (κ3) is 4.16. The number of hydrogen-bond donors (Lipinski definition) is 0. The van der Waals surface area contributed by atoms with Gasteiger partial charge in [-0.15, -0.1) is 0 Å². The van der Waals surface area contributed by atoms with Gasteiger partial charge >= 0.3 is 0 Å². The van der Waals surface area contributed by atoms with E-state index in [0.717, 1.165) is 43.6 Å². The molecular weight excluding hydrogens is 346 g/mol. The van der Waals surface area contributed by atoms with Crippen LogP contribution in [0.15, 0.2) is 73.2 Å². The second kappa shape index (κ2) is 8.42. The predicted molar refractivity (Wildman–Crippen MR) is 111 cm³/mol. The van der Waals surface area contributed by atoms with Crippen molar-refractivity contribution >= 4 is 5.91 Å². The highest BCUT2D eigenvalue weighted by Gasteiger charge is 2.30. The largest absolute Gasteiger partial charge is 0.341 e. The number of imidazole rings is 1. The lowest BCUT2D eigenvalue weighted by atomic mass is 9.89. The third-order valence-electron chi connectivity index (χ3n) is 5.67. The van der Waals surface area contributed by atoms with Crippen molar-refractivity contribution in [3.8, 4) is 0 Å². The van der Waals surface area contributed by atoms with E-state index in [1.807, 2.05) is 52.9 Å². The fourth-order valence-electron chi connectivity index (χ4n) is 4.14. The van der Waals surface area contributed by atoms with Gasteiger partial charge in [0, 0.05) is 19.3 Å². The first-order valence-electron chi connectivity index (χ1n) is 10.1. The Labute approximate surface area is 166 Å². The molecule has 1 aromatic heterocycles. The maximum absolute atomic E-state index is 13.5. The van der Waals surface area contributed by atoms with Crippen molar-refractivity contribution in [3.63, 3.8) is 0 Å². The predicted octanol–water partition coefficient (Wildman–Crippen LogP) is 4.26. The fraction of sp³-hybridized carbons (Fsp3) is 0.333. The average Bonchev–Trinajstić information content (AvgIpc) is 3.16. The van der Waals surface area contributed by atoms with E-state index < -0.39 is 0 Å². The first kappa shape index (κ1) is 18.5. The van der Waals surface area contributed by atoms with Gasteiger partial charge in [-0.05, 0) is 43.2 Å². The van der Waals surface area contributed by atoms with Crippen molar-refractivity contribution in [1.29, 1.82) is 0 Å². The van der Waals surface area contributed by atoms with E-state index in [4.69, 9.17) is 0 Å². The van der Waals surface area contributed by atoms with Crippen LogP contribution >= 0.6 is 0 Å². The minimum atomic E-state index is -0.340. The Morgan fingerprint density at radius 1 is 1.04 bits per heavy atom. The number of nitrogens with zero attached hydrogens (tertiary/aromatic N) is 3. The van der Waals surface area contributed by atoms with Crippen molar-refractivity contribution in [3.05, 3.63) is 90.0 Å². The number of aromatic nitrogens is 2. The Hall–Kier alpha value is -2.88. The van der Waals surface area contributed by atoms with Gasteiger partial charge in [0.15, 0.2) is 0 Å². The standard InChI is InChI=1S/C24H27N3O/c1-19-17-27(18-25-19)23(22-10-6-3-7-11-22)24(28)26-14-12-21(13-15-26)16-20-8-4-2-5-9-20/h2-11,17-18,21,23H,12-16H2,1H3. The van der Waals surface area contributed by atoms with Gasteiger partial charge in [-0.25, -0.2) is 4.98 Å². The molecule has 3 aromatic rings. The summed E-state index contributed by atoms with van der Waals surface area (Å²) in [5.74, 6) is 0.818. The molecule has 0 saturated carbocycles. The van der Waals surface area contributed by atoms with Gasteiger partial charge < -0.3 is 9.47 Å². The van der Waals surface area contributed by atoms with Crippen LogP contribution in [0.1, 0.15) is 35.7 Å². The highest BCUT2D eigenvalue weighted by molar-refractivity contribution is 5.83. The van der Waals surface area contributed by atoms with E-state index in [2.05, 4.69) is 35.3 Å². The van der Waals surface area contributed by atoms with Gasteiger partial charge in [-0.1, -0.05) is 60.7 Å². The molecule has 144 valence electrons. The second-order valence-corrected chi connectivity index (χ2v) is 7.73. The van der Waals surface area contributed by atoms with Crippen LogP contribution in [-0.2, 0) is 11.2 Å². The van der Waals surface area contributed by atoms with Crippen LogP contribution in [-0.4, -0.2) is 33.4 Å². The Bertz CT molecular complexity index is 896.